The van der Waals surface area contributed by atoms with Crippen molar-refractivity contribution in [3.8, 4) is 0 Å². The van der Waals surface area contributed by atoms with E-state index in [0.29, 0.717) is 18.5 Å². The average Bonchev–Trinajstić information content (AvgIpc) is 3.15. The minimum atomic E-state index is 0.0160. The molecule has 2 N–H and O–H groups in total. The van der Waals surface area contributed by atoms with Crippen LogP contribution in [-0.4, -0.2) is 42.5 Å². The standard InChI is InChI=1S/C20H29N3O2/c1-2-21-20(25)23-12-6-9-17(14-23)15-7-5-8-16(13-15)19(24)22-18-10-3-4-11-18/h5,7-8,13,17-18H,2-4,6,9-12,14H2,1H3,(H,21,25)(H,22,24). The number of carbonyl (C=O) groups is 2. The minimum Gasteiger partial charge on any atom is -0.349 e. The predicted molar refractivity (Wildman–Crippen MR) is 98.8 cm³/mol. The van der Waals surface area contributed by atoms with Crippen LogP contribution in [0.2, 0.25) is 0 Å². The zero-order chi connectivity index (χ0) is 17.6. The number of hydrogen-bond donors (Lipinski definition) is 2. The maximum absolute atomic E-state index is 12.5. The predicted octanol–water partition coefficient (Wildman–Crippen LogP) is 3.27. The highest BCUT2D eigenvalue weighted by Crippen LogP contribution is 2.27. The topological polar surface area (TPSA) is 61.4 Å². The van der Waals surface area contributed by atoms with Crippen LogP contribution in [0, 0.1) is 0 Å². The monoisotopic (exact) mass is 343 g/mol. The molecule has 1 heterocycles. The van der Waals surface area contributed by atoms with E-state index in [1.165, 1.54) is 12.8 Å². The van der Waals surface area contributed by atoms with Crippen LogP contribution in [-0.2, 0) is 0 Å². The molecule has 1 saturated carbocycles. The number of hydrogen-bond acceptors (Lipinski definition) is 2. The molecule has 3 amide bonds. The number of amides is 3. The highest BCUT2D eigenvalue weighted by molar-refractivity contribution is 5.94. The molecule has 25 heavy (non-hydrogen) atoms. The van der Waals surface area contributed by atoms with Gasteiger partial charge in [0.1, 0.15) is 0 Å². The van der Waals surface area contributed by atoms with E-state index in [1.807, 2.05) is 30.0 Å². The van der Waals surface area contributed by atoms with Crippen LogP contribution in [0.4, 0.5) is 4.79 Å². The van der Waals surface area contributed by atoms with E-state index in [4.69, 9.17) is 0 Å². The van der Waals surface area contributed by atoms with Crippen LogP contribution < -0.4 is 10.6 Å². The lowest BCUT2D eigenvalue weighted by atomic mass is 9.89. The smallest absolute Gasteiger partial charge is 0.317 e. The molecule has 1 aromatic rings. The zero-order valence-corrected chi connectivity index (χ0v) is 15.1. The Balaban J connectivity index is 1.65. The minimum absolute atomic E-state index is 0.0160. The average molecular weight is 343 g/mol. The van der Waals surface area contributed by atoms with Gasteiger partial charge in [-0.1, -0.05) is 25.0 Å². The molecule has 2 fully saturated rings. The Morgan fingerprint density at radius 2 is 1.96 bits per heavy atom. The Kier molecular flexibility index (Phi) is 5.95. The van der Waals surface area contributed by atoms with Crippen molar-refractivity contribution in [3.63, 3.8) is 0 Å². The molecule has 136 valence electrons. The highest BCUT2D eigenvalue weighted by Gasteiger charge is 2.25. The van der Waals surface area contributed by atoms with Crippen molar-refractivity contribution in [1.29, 1.82) is 0 Å². The molecule has 0 aromatic heterocycles. The van der Waals surface area contributed by atoms with E-state index in [9.17, 15) is 9.59 Å². The van der Waals surface area contributed by atoms with Gasteiger partial charge in [-0.05, 0) is 50.3 Å². The number of nitrogens with zero attached hydrogens (tertiary/aromatic N) is 1. The fraction of sp³-hybridized carbons (Fsp3) is 0.600. The van der Waals surface area contributed by atoms with Crippen LogP contribution in [0.25, 0.3) is 0 Å². The Bertz CT molecular complexity index is 611. The van der Waals surface area contributed by atoms with Crippen molar-refractivity contribution in [2.24, 2.45) is 0 Å². The second kappa shape index (κ2) is 8.37. The molecule has 3 rings (SSSR count). The summed E-state index contributed by atoms with van der Waals surface area (Å²) in [6.45, 7) is 4.12. The van der Waals surface area contributed by atoms with Crippen molar-refractivity contribution in [1.82, 2.24) is 15.5 Å². The first-order chi connectivity index (χ1) is 12.2. The van der Waals surface area contributed by atoms with Gasteiger partial charge in [-0.15, -0.1) is 0 Å². The van der Waals surface area contributed by atoms with E-state index in [2.05, 4.69) is 16.7 Å². The van der Waals surface area contributed by atoms with Gasteiger partial charge in [-0.2, -0.15) is 0 Å². The van der Waals surface area contributed by atoms with Crippen LogP contribution >= 0.6 is 0 Å². The number of benzene rings is 1. The van der Waals surface area contributed by atoms with E-state index in [0.717, 1.165) is 49.9 Å². The molecule has 1 aliphatic heterocycles. The third-order valence-electron chi connectivity index (χ3n) is 5.35. The normalized spacial score (nSPS) is 21.2. The van der Waals surface area contributed by atoms with Crippen LogP contribution in [0.3, 0.4) is 0 Å². The molecule has 0 spiro atoms. The SMILES string of the molecule is CCNC(=O)N1CCCC(c2cccc(C(=O)NC3CCCC3)c2)C1. The molecule has 1 unspecified atom stereocenters. The lowest BCUT2D eigenvalue weighted by Gasteiger charge is -2.33. The fourth-order valence-electron chi connectivity index (χ4n) is 3.97. The Hall–Kier alpha value is -2.04. The largest absolute Gasteiger partial charge is 0.349 e. The molecular weight excluding hydrogens is 314 g/mol. The van der Waals surface area contributed by atoms with Crippen LogP contribution in [0.15, 0.2) is 24.3 Å². The molecule has 0 radical (unpaired) electrons. The third-order valence-corrected chi connectivity index (χ3v) is 5.35. The lowest BCUT2D eigenvalue weighted by molar-refractivity contribution is 0.0937. The number of piperidine rings is 1. The van der Waals surface area contributed by atoms with Gasteiger partial charge in [0.25, 0.3) is 5.91 Å². The van der Waals surface area contributed by atoms with E-state index in [-0.39, 0.29) is 11.9 Å². The molecule has 5 nitrogen and oxygen atoms in total. The Labute approximate surface area is 150 Å². The quantitative estimate of drug-likeness (QED) is 0.881. The summed E-state index contributed by atoms with van der Waals surface area (Å²) in [6, 6.07) is 8.29. The van der Waals surface area contributed by atoms with E-state index in [1.54, 1.807) is 0 Å². The van der Waals surface area contributed by atoms with Crippen molar-refractivity contribution in [2.75, 3.05) is 19.6 Å². The first-order valence-corrected chi connectivity index (χ1v) is 9.61. The summed E-state index contributed by atoms with van der Waals surface area (Å²) in [5.74, 6) is 0.334. The highest BCUT2D eigenvalue weighted by atomic mass is 16.2. The second-order valence-electron chi connectivity index (χ2n) is 7.20. The van der Waals surface area contributed by atoms with E-state index < -0.39 is 0 Å². The van der Waals surface area contributed by atoms with Gasteiger partial charge in [0, 0.05) is 37.2 Å². The molecule has 1 saturated heterocycles. The van der Waals surface area contributed by atoms with Crippen molar-refractivity contribution in [3.05, 3.63) is 35.4 Å². The molecule has 0 bridgehead atoms. The van der Waals surface area contributed by atoms with Crippen molar-refractivity contribution < 1.29 is 9.59 Å². The molecule has 2 aliphatic rings. The molecular formula is C20H29N3O2. The maximum Gasteiger partial charge on any atom is 0.317 e. The summed E-state index contributed by atoms with van der Waals surface area (Å²) in [7, 11) is 0. The van der Waals surface area contributed by atoms with Gasteiger partial charge in [0.05, 0.1) is 0 Å². The summed E-state index contributed by atoms with van der Waals surface area (Å²) in [5.41, 5.74) is 1.90. The lowest BCUT2D eigenvalue weighted by Crippen LogP contribution is -2.44. The number of rotatable bonds is 4. The summed E-state index contributed by atoms with van der Waals surface area (Å²) < 4.78 is 0. The van der Waals surface area contributed by atoms with Gasteiger partial charge in [0.15, 0.2) is 0 Å². The molecule has 1 aromatic carbocycles. The summed E-state index contributed by atoms with van der Waals surface area (Å²) in [4.78, 5) is 26.5. The van der Waals surface area contributed by atoms with Gasteiger partial charge >= 0.3 is 6.03 Å². The molecule has 1 atom stereocenters. The first kappa shape index (κ1) is 17.8. The Morgan fingerprint density at radius 3 is 2.72 bits per heavy atom. The van der Waals surface area contributed by atoms with Crippen LogP contribution in [0.1, 0.15) is 67.3 Å². The number of likely N-dealkylation sites (tertiary alicyclic amines) is 1. The number of nitrogens with one attached hydrogen (secondary N) is 2. The van der Waals surface area contributed by atoms with Crippen LogP contribution in [0.5, 0.6) is 0 Å². The number of carbonyl (C=O) groups excluding carboxylic acids is 2. The van der Waals surface area contributed by atoms with Gasteiger partial charge in [-0.3, -0.25) is 4.79 Å². The van der Waals surface area contributed by atoms with Crippen molar-refractivity contribution >= 4 is 11.9 Å². The second-order valence-corrected chi connectivity index (χ2v) is 7.20. The van der Waals surface area contributed by atoms with E-state index >= 15 is 0 Å². The molecule has 1 aliphatic carbocycles. The summed E-state index contributed by atoms with van der Waals surface area (Å²) in [6.07, 6.45) is 6.67. The van der Waals surface area contributed by atoms with Gasteiger partial charge in [0.2, 0.25) is 0 Å². The summed E-state index contributed by atoms with van der Waals surface area (Å²) >= 11 is 0. The van der Waals surface area contributed by atoms with Crippen molar-refractivity contribution in [2.45, 2.75) is 57.4 Å². The van der Waals surface area contributed by atoms with Gasteiger partial charge < -0.3 is 15.5 Å². The zero-order valence-electron chi connectivity index (χ0n) is 15.1. The molecule has 5 heteroatoms. The van der Waals surface area contributed by atoms with Gasteiger partial charge in [-0.25, -0.2) is 4.79 Å². The first-order valence-electron chi connectivity index (χ1n) is 9.61. The third kappa shape index (κ3) is 4.53. The Morgan fingerprint density at radius 1 is 1.16 bits per heavy atom. The number of urea groups is 1. The maximum atomic E-state index is 12.5. The summed E-state index contributed by atoms with van der Waals surface area (Å²) in [5, 5.41) is 6.04. The fourth-order valence-corrected chi connectivity index (χ4v) is 3.97.